The molecule has 1 aromatic carbocycles. The lowest BCUT2D eigenvalue weighted by Gasteiger charge is -2.30. The second kappa shape index (κ2) is 7.38. The molecule has 8 heteroatoms. The van der Waals surface area contributed by atoms with Gasteiger partial charge in [0.25, 0.3) is 11.6 Å². The van der Waals surface area contributed by atoms with Crippen molar-refractivity contribution in [3.05, 3.63) is 58.0 Å². The molecule has 0 atom stereocenters. The Morgan fingerprint density at radius 1 is 1.23 bits per heavy atom. The Bertz CT molecular complexity index is 823. The van der Waals surface area contributed by atoms with Crippen LogP contribution in [0, 0.1) is 23.0 Å². The molecule has 1 aliphatic heterocycles. The highest BCUT2D eigenvalue weighted by Gasteiger charge is 2.29. The highest BCUT2D eigenvalue weighted by molar-refractivity contribution is 5.94. The number of carbonyl (C=O) groups is 2. The third-order valence-corrected chi connectivity index (χ3v) is 4.64. The standard InChI is InChI=1S/C18H19N3O5/c1-12-14(4-2-5-15(12)21(24)25)19-17(22)13-7-9-20(10-8-13)18(23)16-6-3-11-26-16/h2-6,11,13H,7-10H2,1H3,(H,19,22). The van der Waals surface area contributed by atoms with E-state index in [9.17, 15) is 19.7 Å². The van der Waals surface area contributed by atoms with E-state index in [1.54, 1.807) is 36.1 Å². The number of benzene rings is 1. The summed E-state index contributed by atoms with van der Waals surface area (Å²) in [5, 5.41) is 13.8. The lowest BCUT2D eigenvalue weighted by Crippen LogP contribution is -2.41. The minimum atomic E-state index is -0.469. The van der Waals surface area contributed by atoms with Crippen molar-refractivity contribution in [2.24, 2.45) is 5.92 Å². The van der Waals surface area contributed by atoms with E-state index < -0.39 is 4.92 Å². The molecule has 3 rings (SSSR count). The largest absolute Gasteiger partial charge is 0.459 e. The van der Waals surface area contributed by atoms with Gasteiger partial charge in [-0.3, -0.25) is 19.7 Å². The zero-order valence-corrected chi connectivity index (χ0v) is 14.3. The van der Waals surface area contributed by atoms with Crippen molar-refractivity contribution in [2.45, 2.75) is 19.8 Å². The number of carbonyl (C=O) groups excluding carboxylic acids is 2. The summed E-state index contributed by atoms with van der Waals surface area (Å²) in [5.41, 5.74) is 0.844. The molecule has 2 aromatic rings. The molecular formula is C18H19N3O5. The van der Waals surface area contributed by atoms with Crippen molar-refractivity contribution in [3.8, 4) is 0 Å². The predicted octanol–water partition coefficient (Wildman–Crippen LogP) is 2.99. The average molecular weight is 357 g/mol. The Labute approximate surface area is 149 Å². The second-order valence-corrected chi connectivity index (χ2v) is 6.24. The quantitative estimate of drug-likeness (QED) is 0.669. The van der Waals surface area contributed by atoms with E-state index in [0.717, 1.165) is 0 Å². The van der Waals surface area contributed by atoms with Crippen LogP contribution < -0.4 is 5.32 Å². The van der Waals surface area contributed by atoms with E-state index >= 15 is 0 Å². The van der Waals surface area contributed by atoms with Crippen LogP contribution in [0.3, 0.4) is 0 Å². The van der Waals surface area contributed by atoms with Crippen LogP contribution >= 0.6 is 0 Å². The lowest BCUT2D eigenvalue weighted by atomic mass is 9.95. The predicted molar refractivity (Wildman–Crippen MR) is 93.8 cm³/mol. The summed E-state index contributed by atoms with van der Waals surface area (Å²) < 4.78 is 5.12. The molecule has 2 heterocycles. The fraction of sp³-hybridized carbons (Fsp3) is 0.333. The molecule has 1 aliphatic rings. The number of likely N-dealkylation sites (tertiary alicyclic amines) is 1. The summed E-state index contributed by atoms with van der Waals surface area (Å²) in [5.74, 6) is -0.309. The van der Waals surface area contributed by atoms with E-state index in [2.05, 4.69) is 5.32 Å². The molecule has 0 bridgehead atoms. The summed E-state index contributed by atoms with van der Waals surface area (Å²) in [6.07, 6.45) is 2.52. The molecule has 26 heavy (non-hydrogen) atoms. The molecule has 136 valence electrons. The highest BCUT2D eigenvalue weighted by atomic mass is 16.6. The van der Waals surface area contributed by atoms with Gasteiger partial charge in [-0.2, -0.15) is 0 Å². The number of piperidine rings is 1. The van der Waals surface area contributed by atoms with Crippen LogP contribution in [-0.2, 0) is 4.79 Å². The van der Waals surface area contributed by atoms with E-state index in [-0.39, 0.29) is 23.4 Å². The number of nitro benzene ring substituents is 1. The van der Waals surface area contributed by atoms with Crippen molar-refractivity contribution >= 4 is 23.2 Å². The minimum Gasteiger partial charge on any atom is -0.459 e. The zero-order chi connectivity index (χ0) is 18.7. The zero-order valence-electron chi connectivity index (χ0n) is 14.3. The third kappa shape index (κ3) is 3.58. The van der Waals surface area contributed by atoms with Crippen molar-refractivity contribution in [1.29, 1.82) is 0 Å². The van der Waals surface area contributed by atoms with E-state index in [1.807, 2.05) is 0 Å². The molecule has 0 aliphatic carbocycles. The Morgan fingerprint density at radius 3 is 2.58 bits per heavy atom. The van der Waals surface area contributed by atoms with Crippen LogP contribution in [0.25, 0.3) is 0 Å². The molecule has 1 N–H and O–H groups in total. The first-order chi connectivity index (χ1) is 12.5. The van der Waals surface area contributed by atoms with Crippen molar-refractivity contribution in [1.82, 2.24) is 4.90 Å². The Balaban J connectivity index is 1.60. The molecule has 0 saturated carbocycles. The average Bonchev–Trinajstić information content (AvgIpc) is 3.17. The number of nitrogens with one attached hydrogen (secondary N) is 1. The lowest BCUT2D eigenvalue weighted by molar-refractivity contribution is -0.385. The molecule has 0 unspecified atom stereocenters. The van der Waals surface area contributed by atoms with Crippen LogP contribution in [0.4, 0.5) is 11.4 Å². The summed E-state index contributed by atoms with van der Waals surface area (Å²) in [6.45, 7) is 2.54. The Kier molecular flexibility index (Phi) is 5.01. The second-order valence-electron chi connectivity index (χ2n) is 6.24. The molecular weight excluding hydrogens is 338 g/mol. The monoisotopic (exact) mass is 357 g/mol. The van der Waals surface area contributed by atoms with Crippen molar-refractivity contribution < 1.29 is 18.9 Å². The van der Waals surface area contributed by atoms with E-state index in [1.165, 1.54) is 12.3 Å². The Morgan fingerprint density at radius 2 is 1.96 bits per heavy atom. The van der Waals surface area contributed by atoms with Crippen LogP contribution in [0.5, 0.6) is 0 Å². The number of rotatable bonds is 4. The van der Waals surface area contributed by atoms with Gasteiger partial charge in [-0.15, -0.1) is 0 Å². The van der Waals surface area contributed by atoms with Gasteiger partial charge in [-0.05, 0) is 38.0 Å². The number of amides is 2. The fourth-order valence-electron chi connectivity index (χ4n) is 3.09. The van der Waals surface area contributed by atoms with Crippen molar-refractivity contribution in [2.75, 3.05) is 18.4 Å². The van der Waals surface area contributed by atoms with Crippen LogP contribution in [0.2, 0.25) is 0 Å². The first-order valence-corrected chi connectivity index (χ1v) is 8.35. The van der Waals surface area contributed by atoms with Gasteiger partial charge in [0.2, 0.25) is 5.91 Å². The number of anilines is 1. The number of hydrogen-bond acceptors (Lipinski definition) is 5. The van der Waals surface area contributed by atoms with Crippen LogP contribution in [0.15, 0.2) is 41.0 Å². The summed E-state index contributed by atoms with van der Waals surface area (Å²) in [6, 6.07) is 7.88. The molecule has 2 amide bonds. The molecule has 1 fully saturated rings. The molecule has 1 saturated heterocycles. The topological polar surface area (TPSA) is 106 Å². The number of hydrogen-bond donors (Lipinski definition) is 1. The SMILES string of the molecule is Cc1c(NC(=O)C2CCN(C(=O)c3ccco3)CC2)cccc1[N+](=O)[O-]. The van der Waals surface area contributed by atoms with Gasteiger partial charge in [0, 0.05) is 25.1 Å². The minimum absolute atomic E-state index is 0.0262. The number of nitro groups is 1. The van der Waals surface area contributed by atoms with Gasteiger partial charge in [0.1, 0.15) is 0 Å². The van der Waals surface area contributed by atoms with Gasteiger partial charge in [0.05, 0.1) is 22.4 Å². The van der Waals surface area contributed by atoms with Crippen LogP contribution in [0.1, 0.15) is 29.0 Å². The first-order valence-electron chi connectivity index (χ1n) is 8.35. The maximum Gasteiger partial charge on any atom is 0.289 e. The first kappa shape index (κ1) is 17.7. The summed E-state index contributed by atoms with van der Waals surface area (Å²) in [7, 11) is 0. The van der Waals surface area contributed by atoms with Gasteiger partial charge in [-0.1, -0.05) is 6.07 Å². The fourth-order valence-corrected chi connectivity index (χ4v) is 3.09. The van der Waals surface area contributed by atoms with Gasteiger partial charge < -0.3 is 14.6 Å². The molecule has 1 aromatic heterocycles. The molecule has 8 nitrogen and oxygen atoms in total. The maximum atomic E-state index is 12.5. The van der Waals surface area contributed by atoms with Gasteiger partial charge >= 0.3 is 0 Å². The third-order valence-electron chi connectivity index (χ3n) is 4.64. The summed E-state index contributed by atoms with van der Waals surface area (Å²) >= 11 is 0. The normalized spacial score (nSPS) is 14.9. The Hall–Kier alpha value is -3.16. The van der Waals surface area contributed by atoms with Crippen molar-refractivity contribution in [3.63, 3.8) is 0 Å². The number of furan rings is 1. The number of nitrogens with zero attached hydrogens (tertiary/aromatic N) is 2. The molecule has 0 radical (unpaired) electrons. The van der Waals surface area contributed by atoms with Gasteiger partial charge in [0.15, 0.2) is 5.76 Å². The molecule has 0 spiro atoms. The summed E-state index contributed by atoms with van der Waals surface area (Å²) in [4.78, 5) is 37.0. The smallest absolute Gasteiger partial charge is 0.289 e. The van der Waals surface area contributed by atoms with Gasteiger partial charge in [-0.25, -0.2) is 0 Å². The van der Waals surface area contributed by atoms with Crippen LogP contribution in [-0.4, -0.2) is 34.7 Å². The maximum absolute atomic E-state index is 12.5. The van der Waals surface area contributed by atoms with E-state index in [4.69, 9.17) is 4.42 Å². The van der Waals surface area contributed by atoms with E-state index in [0.29, 0.717) is 42.9 Å². The highest BCUT2D eigenvalue weighted by Crippen LogP contribution is 2.27.